The molecule has 0 aliphatic rings. The summed E-state index contributed by atoms with van der Waals surface area (Å²) < 4.78 is 11.0. The zero-order valence-corrected chi connectivity index (χ0v) is 16.1. The minimum Gasteiger partial charge on any atom is -0.484 e. The monoisotopic (exact) mass is 422 g/mol. The van der Waals surface area contributed by atoms with E-state index >= 15 is 0 Å². The number of nitrogens with one attached hydrogen (secondary N) is 1. The number of ether oxygens (including phenoxy) is 1. The lowest BCUT2D eigenvalue weighted by molar-refractivity contribution is -0.123. The summed E-state index contributed by atoms with van der Waals surface area (Å²) in [5.41, 5.74) is 2.96. The van der Waals surface area contributed by atoms with Crippen molar-refractivity contribution in [1.29, 1.82) is 0 Å². The highest BCUT2D eigenvalue weighted by molar-refractivity contribution is 6.44. The van der Waals surface area contributed by atoms with E-state index in [0.717, 1.165) is 0 Å². The Hall–Kier alpha value is -2.47. The van der Waals surface area contributed by atoms with Crippen LogP contribution in [0.15, 0.2) is 64.1 Å². The van der Waals surface area contributed by atoms with Gasteiger partial charge >= 0.3 is 0 Å². The van der Waals surface area contributed by atoms with Crippen LogP contribution < -0.4 is 10.2 Å². The molecular formula is C19H13Cl3N2O3. The number of nitrogens with zero attached hydrogens (tertiary/aromatic N) is 1. The van der Waals surface area contributed by atoms with E-state index in [-0.39, 0.29) is 6.61 Å². The van der Waals surface area contributed by atoms with Crippen molar-refractivity contribution in [2.24, 2.45) is 5.10 Å². The molecule has 0 aliphatic carbocycles. The molecule has 0 saturated carbocycles. The summed E-state index contributed by atoms with van der Waals surface area (Å²) in [7, 11) is 0. The van der Waals surface area contributed by atoms with Gasteiger partial charge in [0.2, 0.25) is 0 Å². The van der Waals surface area contributed by atoms with Gasteiger partial charge in [-0.1, -0.05) is 53.0 Å². The molecule has 0 bridgehead atoms. The summed E-state index contributed by atoms with van der Waals surface area (Å²) in [6.07, 6.45) is 1.37. The number of hydrazone groups is 1. The van der Waals surface area contributed by atoms with E-state index in [1.54, 1.807) is 36.4 Å². The first-order valence-electron chi connectivity index (χ1n) is 7.77. The molecule has 1 N–H and O–H groups in total. The number of amides is 1. The van der Waals surface area contributed by atoms with Crippen molar-refractivity contribution in [3.05, 3.63) is 75.4 Å². The smallest absolute Gasteiger partial charge is 0.277 e. The largest absolute Gasteiger partial charge is 0.484 e. The Morgan fingerprint density at radius 3 is 2.56 bits per heavy atom. The maximum Gasteiger partial charge on any atom is 0.277 e. The Morgan fingerprint density at radius 2 is 1.78 bits per heavy atom. The average Bonchev–Trinajstić information content (AvgIpc) is 3.12. The Balaban J connectivity index is 1.57. The number of hydrogen-bond donors (Lipinski definition) is 1. The van der Waals surface area contributed by atoms with Crippen LogP contribution >= 0.6 is 34.8 Å². The van der Waals surface area contributed by atoms with Gasteiger partial charge in [-0.15, -0.1) is 0 Å². The van der Waals surface area contributed by atoms with Crippen molar-refractivity contribution in [3.8, 4) is 17.1 Å². The molecule has 2 aromatic carbocycles. The lowest BCUT2D eigenvalue weighted by Gasteiger charge is -2.04. The van der Waals surface area contributed by atoms with Crippen molar-refractivity contribution in [2.45, 2.75) is 0 Å². The zero-order valence-electron chi connectivity index (χ0n) is 13.8. The van der Waals surface area contributed by atoms with E-state index in [4.69, 9.17) is 44.0 Å². The van der Waals surface area contributed by atoms with Crippen LogP contribution in [0, 0.1) is 0 Å². The normalized spacial score (nSPS) is 10.9. The van der Waals surface area contributed by atoms with Crippen molar-refractivity contribution in [3.63, 3.8) is 0 Å². The fourth-order valence-corrected chi connectivity index (χ4v) is 2.78. The molecule has 0 atom stereocenters. The summed E-state index contributed by atoms with van der Waals surface area (Å²) in [4.78, 5) is 11.7. The molecule has 1 amide bonds. The maximum absolute atomic E-state index is 11.7. The fraction of sp³-hybridized carbons (Fsp3) is 0.0526. The second-order valence-corrected chi connectivity index (χ2v) is 6.56. The van der Waals surface area contributed by atoms with E-state index < -0.39 is 5.91 Å². The highest BCUT2D eigenvalue weighted by Crippen LogP contribution is 2.35. The lowest BCUT2D eigenvalue weighted by atomic mass is 10.2. The molecular weight excluding hydrogens is 411 g/mol. The van der Waals surface area contributed by atoms with E-state index in [1.807, 2.05) is 18.2 Å². The summed E-state index contributed by atoms with van der Waals surface area (Å²) in [5.74, 6) is 1.13. The molecule has 8 heteroatoms. The SMILES string of the molecule is O=C(COc1ccccc1)N/N=C\c1ccc(-c2cc(Cl)c(Cl)cc2Cl)o1. The minimum atomic E-state index is -0.394. The minimum absolute atomic E-state index is 0.149. The van der Waals surface area contributed by atoms with E-state index in [9.17, 15) is 4.79 Å². The van der Waals surface area contributed by atoms with Crippen molar-refractivity contribution < 1.29 is 13.9 Å². The van der Waals surface area contributed by atoms with Crippen LogP contribution in [0.1, 0.15) is 5.76 Å². The predicted octanol–water partition coefficient (Wildman–Crippen LogP) is 5.44. The first-order chi connectivity index (χ1) is 13.0. The van der Waals surface area contributed by atoms with Crippen molar-refractivity contribution in [2.75, 3.05) is 6.61 Å². The van der Waals surface area contributed by atoms with Gasteiger partial charge in [0.25, 0.3) is 5.91 Å². The van der Waals surface area contributed by atoms with Crippen molar-refractivity contribution >= 4 is 46.9 Å². The molecule has 27 heavy (non-hydrogen) atoms. The maximum atomic E-state index is 11.7. The van der Waals surface area contributed by atoms with Gasteiger partial charge in [0.15, 0.2) is 6.61 Å². The van der Waals surface area contributed by atoms with Gasteiger partial charge in [0, 0.05) is 5.56 Å². The number of benzene rings is 2. The molecule has 0 radical (unpaired) electrons. The zero-order chi connectivity index (χ0) is 19.2. The highest BCUT2D eigenvalue weighted by atomic mass is 35.5. The topological polar surface area (TPSA) is 63.8 Å². The third-order valence-corrected chi connectivity index (χ3v) is 4.43. The third kappa shape index (κ3) is 5.26. The predicted molar refractivity (Wildman–Crippen MR) is 107 cm³/mol. The highest BCUT2D eigenvalue weighted by Gasteiger charge is 2.11. The van der Waals surface area contributed by atoms with Crippen LogP contribution in [0.3, 0.4) is 0 Å². The Kier molecular flexibility index (Phi) is 6.40. The van der Waals surface area contributed by atoms with Gasteiger partial charge in [-0.05, 0) is 36.4 Å². The van der Waals surface area contributed by atoms with Crippen LogP contribution in [-0.2, 0) is 4.79 Å². The first-order valence-corrected chi connectivity index (χ1v) is 8.91. The van der Waals surface area contributed by atoms with E-state index in [2.05, 4.69) is 10.5 Å². The number of hydrogen-bond acceptors (Lipinski definition) is 4. The van der Waals surface area contributed by atoms with Crippen LogP contribution in [0.25, 0.3) is 11.3 Å². The number of rotatable bonds is 6. The summed E-state index contributed by atoms with van der Waals surface area (Å²) in [6.45, 7) is -0.149. The molecule has 0 unspecified atom stereocenters. The van der Waals surface area contributed by atoms with Crippen LogP contribution in [0.2, 0.25) is 15.1 Å². The molecule has 1 heterocycles. The number of carbonyl (C=O) groups is 1. The molecule has 138 valence electrons. The number of halogens is 3. The molecule has 0 aliphatic heterocycles. The van der Waals surface area contributed by atoms with Crippen LogP contribution in [0.5, 0.6) is 5.75 Å². The number of para-hydroxylation sites is 1. The average molecular weight is 424 g/mol. The van der Waals surface area contributed by atoms with E-state index in [0.29, 0.717) is 37.9 Å². The Labute approximate surface area is 170 Å². The molecule has 0 saturated heterocycles. The first kappa shape index (κ1) is 19.3. The van der Waals surface area contributed by atoms with Gasteiger partial charge in [0.05, 0.1) is 21.3 Å². The quantitative estimate of drug-likeness (QED) is 0.326. The molecule has 0 fully saturated rings. The molecule has 5 nitrogen and oxygen atoms in total. The summed E-state index contributed by atoms with van der Waals surface area (Å²) >= 11 is 18.1. The van der Waals surface area contributed by atoms with Gasteiger partial charge in [-0.2, -0.15) is 5.10 Å². The third-order valence-electron chi connectivity index (χ3n) is 3.40. The molecule has 0 spiro atoms. The summed E-state index contributed by atoms with van der Waals surface area (Å²) in [6, 6.07) is 15.6. The molecule has 1 aromatic heterocycles. The Bertz CT molecular complexity index is 972. The molecule has 3 rings (SSSR count). The summed E-state index contributed by atoms with van der Waals surface area (Å²) in [5, 5.41) is 4.98. The standard InChI is InChI=1S/C19H13Cl3N2O3/c20-15-9-17(22)16(21)8-14(15)18-7-6-13(27-18)10-23-24-19(25)11-26-12-4-2-1-3-5-12/h1-10H,11H2,(H,24,25)/b23-10-. The Morgan fingerprint density at radius 1 is 1.04 bits per heavy atom. The van der Waals surface area contributed by atoms with Crippen LogP contribution in [-0.4, -0.2) is 18.7 Å². The number of furan rings is 1. The van der Waals surface area contributed by atoms with E-state index in [1.165, 1.54) is 6.21 Å². The van der Waals surface area contributed by atoms with Gasteiger partial charge in [-0.3, -0.25) is 4.79 Å². The molecule has 3 aromatic rings. The second-order valence-electron chi connectivity index (χ2n) is 5.34. The second kappa shape index (κ2) is 8.95. The number of carbonyl (C=O) groups excluding carboxylic acids is 1. The van der Waals surface area contributed by atoms with Crippen molar-refractivity contribution in [1.82, 2.24) is 5.43 Å². The van der Waals surface area contributed by atoms with Gasteiger partial charge in [-0.25, -0.2) is 5.43 Å². The fourth-order valence-electron chi connectivity index (χ4n) is 2.14. The van der Waals surface area contributed by atoms with Gasteiger partial charge in [0.1, 0.15) is 17.3 Å². The lowest BCUT2D eigenvalue weighted by Crippen LogP contribution is -2.24. The van der Waals surface area contributed by atoms with Gasteiger partial charge < -0.3 is 9.15 Å². The van der Waals surface area contributed by atoms with Crippen LogP contribution in [0.4, 0.5) is 0 Å².